The normalized spacial score (nSPS) is 19.2. The molecule has 5 rings (SSSR count). The van der Waals surface area contributed by atoms with Gasteiger partial charge in [0.2, 0.25) is 45.3 Å². The molecule has 5 N–H and O–H groups in total. The number of amides is 6. The number of sulfonamides is 1. The van der Waals surface area contributed by atoms with Crippen molar-refractivity contribution in [2.24, 2.45) is 5.92 Å². The van der Waals surface area contributed by atoms with Crippen LogP contribution in [0.4, 0.5) is 5.69 Å². The van der Waals surface area contributed by atoms with E-state index < -0.39 is 80.1 Å². The molecule has 2 saturated heterocycles. The molecular weight excluding hydrogens is 843 g/mol. The summed E-state index contributed by atoms with van der Waals surface area (Å²) in [7, 11) is -1.14. The molecule has 2 aromatic carbocycles. The van der Waals surface area contributed by atoms with Crippen LogP contribution in [0.15, 0.2) is 59.5 Å². The van der Waals surface area contributed by atoms with Gasteiger partial charge in [-0.25, -0.2) is 8.42 Å². The predicted octanol–water partition coefficient (Wildman–Crippen LogP) is 2.96. The van der Waals surface area contributed by atoms with E-state index in [4.69, 9.17) is 0 Å². The topological polar surface area (TPSA) is 220 Å². The number of hydrogen-bond acceptors (Lipinski definition) is 11. The van der Waals surface area contributed by atoms with Crippen LogP contribution < -0.4 is 26.0 Å². The molecule has 61 heavy (non-hydrogen) atoms. The maximum Gasteiger partial charge on any atom is 0.290 e. The van der Waals surface area contributed by atoms with Crippen LogP contribution in [0.1, 0.15) is 83.2 Å². The molecule has 3 aliphatic rings. The minimum absolute atomic E-state index is 0.0875. The standard InChI is InChI=1S/C42H57N7O9S3/c1-5-13-32(37(52)39(54)43-25-34(51)46-35(40(55)48(3)4)28-14-8-6-9-15-28)45-38(53)33-24-42(59-22-12-23-60-42)26-49(33)41(56)36(29-16-10-7-11-17-29)47-61(57,58)31-20-18-30(19-21-31)44-27(2)50/h6,8-9,14-15,18-21,29,32-33,35-36,47H,5,7,10-13,16-17,22-26H2,1-4H3,(H,43,54)(H,44,50)(H,45,53)(H,46,51). The Morgan fingerprint density at radius 1 is 0.885 bits per heavy atom. The van der Waals surface area contributed by atoms with Gasteiger partial charge in [0.05, 0.1) is 21.6 Å². The van der Waals surface area contributed by atoms with Gasteiger partial charge < -0.3 is 31.1 Å². The van der Waals surface area contributed by atoms with E-state index in [9.17, 15) is 42.0 Å². The highest BCUT2D eigenvalue weighted by atomic mass is 32.2. The van der Waals surface area contributed by atoms with Gasteiger partial charge in [-0.2, -0.15) is 4.72 Å². The third-order valence-electron chi connectivity index (χ3n) is 11.0. The summed E-state index contributed by atoms with van der Waals surface area (Å²) in [5.74, 6) is -3.36. The molecule has 1 aliphatic carbocycles. The van der Waals surface area contributed by atoms with Crippen LogP contribution in [0.25, 0.3) is 0 Å². The van der Waals surface area contributed by atoms with Crippen LogP contribution in [-0.4, -0.2) is 120 Å². The van der Waals surface area contributed by atoms with Crippen LogP contribution in [0.3, 0.4) is 0 Å². The van der Waals surface area contributed by atoms with Gasteiger partial charge in [0.15, 0.2) is 0 Å². The highest BCUT2D eigenvalue weighted by molar-refractivity contribution is 8.18. The molecule has 16 nitrogen and oxygen atoms in total. The Balaban J connectivity index is 1.33. The molecule has 6 amide bonds. The van der Waals surface area contributed by atoms with E-state index >= 15 is 0 Å². The van der Waals surface area contributed by atoms with E-state index in [2.05, 4.69) is 26.0 Å². The van der Waals surface area contributed by atoms with Crippen molar-refractivity contribution in [2.45, 2.75) is 105 Å². The molecule has 3 fully saturated rings. The van der Waals surface area contributed by atoms with Crippen LogP contribution in [0, 0.1) is 5.92 Å². The zero-order valence-corrected chi connectivity index (χ0v) is 37.5. The molecule has 332 valence electrons. The van der Waals surface area contributed by atoms with Crippen molar-refractivity contribution in [1.29, 1.82) is 0 Å². The molecule has 4 atom stereocenters. The molecule has 0 radical (unpaired) electrons. The Labute approximate surface area is 366 Å². The SMILES string of the molecule is CCCC(NC(=O)C1CC2(CN1C(=O)C(NS(=O)(=O)c1ccc(NC(C)=O)cc1)C1CCCCC1)SCCCS2)C(=O)C(=O)NCC(=O)NC(C(=O)N(C)C)c1ccccc1. The number of likely N-dealkylation sites (tertiary alicyclic amines) is 1. The first-order valence-electron chi connectivity index (χ1n) is 20.7. The van der Waals surface area contributed by atoms with Crippen molar-refractivity contribution in [1.82, 2.24) is 30.5 Å². The Morgan fingerprint density at radius 2 is 1.54 bits per heavy atom. The maximum atomic E-state index is 14.9. The van der Waals surface area contributed by atoms with Gasteiger partial charge >= 0.3 is 0 Å². The van der Waals surface area contributed by atoms with Crippen molar-refractivity contribution in [3.05, 3.63) is 60.2 Å². The second-order valence-electron chi connectivity index (χ2n) is 15.9. The fourth-order valence-electron chi connectivity index (χ4n) is 7.92. The number of likely N-dealkylation sites (N-methyl/N-ethyl adjacent to an activating group) is 1. The first-order valence-corrected chi connectivity index (χ1v) is 24.2. The summed E-state index contributed by atoms with van der Waals surface area (Å²) in [5.41, 5.74) is 0.948. The van der Waals surface area contributed by atoms with Crippen LogP contribution >= 0.6 is 23.5 Å². The summed E-state index contributed by atoms with van der Waals surface area (Å²) in [6, 6.07) is 9.69. The quantitative estimate of drug-likeness (QED) is 0.145. The van der Waals surface area contributed by atoms with E-state index in [1.807, 2.05) is 0 Å². The average Bonchev–Trinajstić information content (AvgIpc) is 3.62. The first-order chi connectivity index (χ1) is 29.0. The summed E-state index contributed by atoms with van der Waals surface area (Å²) in [5, 5.41) is 10.3. The number of nitrogens with zero attached hydrogens (tertiary/aromatic N) is 2. The van der Waals surface area contributed by atoms with E-state index in [0.717, 1.165) is 37.2 Å². The molecule has 0 aromatic heterocycles. The fraction of sp³-hybridized carbons (Fsp3) is 0.548. The number of ketones is 1. The number of nitrogens with one attached hydrogen (secondary N) is 5. The number of anilines is 1. The van der Waals surface area contributed by atoms with E-state index in [1.54, 1.807) is 74.9 Å². The number of carbonyl (C=O) groups excluding carboxylic acids is 7. The number of Topliss-reactive ketones (excluding diaryl/α,β-unsaturated/α-hetero) is 1. The molecule has 0 bridgehead atoms. The van der Waals surface area contributed by atoms with Crippen molar-refractivity contribution in [3.63, 3.8) is 0 Å². The zero-order valence-electron chi connectivity index (χ0n) is 35.1. The Kier molecular flexibility index (Phi) is 16.8. The van der Waals surface area contributed by atoms with Gasteiger partial charge in [-0.15, -0.1) is 23.5 Å². The summed E-state index contributed by atoms with van der Waals surface area (Å²) in [6.07, 6.45) is 5.51. The second kappa shape index (κ2) is 21.6. The second-order valence-corrected chi connectivity index (χ2v) is 20.8. The number of carbonyl (C=O) groups is 7. The molecule has 1 saturated carbocycles. The average molecular weight is 900 g/mol. The molecule has 2 heterocycles. The predicted molar refractivity (Wildman–Crippen MR) is 235 cm³/mol. The Bertz CT molecular complexity index is 2020. The van der Waals surface area contributed by atoms with Crippen molar-refractivity contribution >= 4 is 80.5 Å². The molecule has 4 unspecified atom stereocenters. The maximum absolute atomic E-state index is 14.9. The third-order valence-corrected chi connectivity index (χ3v) is 15.8. The van der Waals surface area contributed by atoms with Gasteiger partial charge in [0.1, 0.15) is 18.1 Å². The summed E-state index contributed by atoms with van der Waals surface area (Å²) < 4.78 is 30.0. The van der Waals surface area contributed by atoms with E-state index in [1.165, 1.54) is 41.0 Å². The van der Waals surface area contributed by atoms with Crippen molar-refractivity contribution in [2.75, 3.05) is 44.0 Å². The van der Waals surface area contributed by atoms with Crippen LogP contribution in [-0.2, 0) is 43.6 Å². The third kappa shape index (κ3) is 12.6. The molecule has 1 spiro atoms. The Morgan fingerprint density at radius 3 is 2.15 bits per heavy atom. The highest BCUT2D eigenvalue weighted by Crippen LogP contribution is 2.50. The monoisotopic (exact) mass is 899 g/mol. The van der Waals surface area contributed by atoms with Gasteiger partial charge in [-0.1, -0.05) is 62.9 Å². The van der Waals surface area contributed by atoms with Crippen molar-refractivity contribution in [3.8, 4) is 0 Å². The van der Waals surface area contributed by atoms with E-state index in [0.29, 0.717) is 30.5 Å². The molecule has 2 aromatic rings. The lowest BCUT2D eigenvalue weighted by Gasteiger charge is -2.35. The van der Waals surface area contributed by atoms with Crippen LogP contribution in [0.2, 0.25) is 0 Å². The minimum Gasteiger partial charge on any atom is -0.347 e. The minimum atomic E-state index is -4.25. The molecular formula is C42H57N7O9S3. The lowest BCUT2D eigenvalue weighted by Crippen LogP contribution is -2.58. The zero-order chi connectivity index (χ0) is 44.3. The highest BCUT2D eigenvalue weighted by Gasteiger charge is 2.52. The number of hydrogen-bond donors (Lipinski definition) is 5. The van der Waals surface area contributed by atoms with Gasteiger partial charge in [-0.05, 0) is 72.9 Å². The largest absolute Gasteiger partial charge is 0.347 e. The van der Waals surface area contributed by atoms with Crippen molar-refractivity contribution < 1.29 is 42.0 Å². The number of thioether (sulfide) groups is 2. The lowest BCUT2D eigenvalue weighted by atomic mass is 9.83. The van der Waals surface area contributed by atoms with Gasteiger partial charge in [-0.3, -0.25) is 33.6 Å². The smallest absolute Gasteiger partial charge is 0.290 e. The number of rotatable bonds is 17. The summed E-state index contributed by atoms with van der Waals surface area (Å²) in [4.78, 5) is 96.2. The van der Waals surface area contributed by atoms with Gasteiger partial charge in [0.25, 0.3) is 5.91 Å². The Hall–Kier alpha value is -4.46. The summed E-state index contributed by atoms with van der Waals surface area (Å²) >= 11 is 3.32. The van der Waals surface area contributed by atoms with Crippen LogP contribution in [0.5, 0.6) is 0 Å². The molecule has 2 aliphatic heterocycles. The fourth-order valence-corrected chi connectivity index (χ4v) is 12.5. The number of benzene rings is 2. The summed E-state index contributed by atoms with van der Waals surface area (Å²) in [6.45, 7) is 2.70. The lowest BCUT2D eigenvalue weighted by molar-refractivity contribution is -0.143. The molecule has 19 heteroatoms. The van der Waals surface area contributed by atoms with Gasteiger partial charge in [0, 0.05) is 39.7 Å². The van der Waals surface area contributed by atoms with E-state index in [-0.39, 0.29) is 36.1 Å². The first kappa shape index (κ1) is 47.6.